The molecule has 0 aliphatic carbocycles. The van der Waals surface area contributed by atoms with E-state index in [0.717, 1.165) is 25.3 Å². The average molecular weight is 292 g/mol. The van der Waals surface area contributed by atoms with E-state index >= 15 is 0 Å². The first kappa shape index (κ1) is 15.6. The van der Waals surface area contributed by atoms with Crippen molar-refractivity contribution in [3.05, 3.63) is 24.4 Å². The Labute approximate surface area is 125 Å². The molecule has 1 aliphatic heterocycles. The van der Waals surface area contributed by atoms with E-state index in [1.165, 1.54) is 0 Å². The number of hydrogen-bond donors (Lipinski definition) is 2. The fraction of sp³-hybridized carbons (Fsp3) is 0.600. The lowest BCUT2D eigenvalue weighted by Gasteiger charge is -2.24. The number of carbonyl (C=O) groups is 1. The Morgan fingerprint density at radius 3 is 3.00 bits per heavy atom. The number of amides is 2. The minimum absolute atomic E-state index is 0.145. The van der Waals surface area contributed by atoms with Gasteiger partial charge in [-0.2, -0.15) is 0 Å². The van der Waals surface area contributed by atoms with Gasteiger partial charge in [0.05, 0.1) is 5.60 Å². The Morgan fingerprint density at radius 1 is 1.52 bits per heavy atom. The molecule has 6 heteroatoms. The van der Waals surface area contributed by atoms with Crippen molar-refractivity contribution in [1.82, 2.24) is 15.6 Å². The molecule has 1 saturated heterocycles. The average Bonchev–Trinajstić information content (AvgIpc) is 2.95. The fourth-order valence-corrected chi connectivity index (χ4v) is 2.23. The summed E-state index contributed by atoms with van der Waals surface area (Å²) in [6, 6.07) is 5.87. The van der Waals surface area contributed by atoms with E-state index in [1.807, 2.05) is 32.0 Å². The molecule has 1 aliphatic rings. The zero-order valence-corrected chi connectivity index (χ0v) is 12.9. The molecule has 1 aromatic rings. The van der Waals surface area contributed by atoms with Crippen LogP contribution in [0, 0.1) is 0 Å². The summed E-state index contributed by atoms with van der Waals surface area (Å²) >= 11 is 0. The normalized spacial score (nSPS) is 18.6. The maximum atomic E-state index is 11.9. The van der Waals surface area contributed by atoms with E-state index in [9.17, 15) is 4.79 Å². The van der Waals surface area contributed by atoms with E-state index in [2.05, 4.69) is 20.5 Å². The maximum absolute atomic E-state index is 11.9. The molecule has 2 amide bonds. The van der Waals surface area contributed by atoms with Gasteiger partial charge < -0.3 is 20.3 Å². The molecule has 21 heavy (non-hydrogen) atoms. The van der Waals surface area contributed by atoms with Gasteiger partial charge in [-0.05, 0) is 32.4 Å². The molecule has 2 heterocycles. The molecule has 0 aromatic carbocycles. The lowest BCUT2D eigenvalue weighted by molar-refractivity contribution is 0.0253. The molecule has 2 N–H and O–H groups in total. The number of carbonyl (C=O) groups excluding carboxylic acids is 1. The minimum atomic E-state index is -0.354. The number of methoxy groups -OCH3 is 1. The molecule has 0 radical (unpaired) electrons. The summed E-state index contributed by atoms with van der Waals surface area (Å²) in [4.78, 5) is 18.4. The highest BCUT2D eigenvalue weighted by atomic mass is 16.5. The molecular formula is C15H24N4O2. The highest BCUT2D eigenvalue weighted by Gasteiger charge is 2.25. The Morgan fingerprint density at radius 2 is 2.33 bits per heavy atom. The quantitative estimate of drug-likeness (QED) is 0.860. The van der Waals surface area contributed by atoms with Gasteiger partial charge in [-0.1, -0.05) is 6.07 Å². The first-order valence-corrected chi connectivity index (χ1v) is 7.26. The molecule has 0 bridgehead atoms. The first-order valence-electron chi connectivity index (χ1n) is 7.26. The van der Waals surface area contributed by atoms with Crippen LogP contribution in [-0.4, -0.2) is 49.4 Å². The van der Waals surface area contributed by atoms with Crippen LogP contribution < -0.4 is 15.5 Å². The van der Waals surface area contributed by atoms with Crippen molar-refractivity contribution in [2.75, 3.05) is 31.6 Å². The third kappa shape index (κ3) is 4.60. The van der Waals surface area contributed by atoms with Gasteiger partial charge in [0.2, 0.25) is 0 Å². The number of nitrogens with zero attached hydrogens (tertiary/aromatic N) is 2. The number of hydrogen-bond acceptors (Lipinski definition) is 4. The van der Waals surface area contributed by atoms with Crippen LogP contribution in [-0.2, 0) is 4.74 Å². The number of rotatable bonds is 5. The van der Waals surface area contributed by atoms with Gasteiger partial charge in [0.15, 0.2) is 0 Å². The Bertz CT molecular complexity index is 464. The monoisotopic (exact) mass is 292 g/mol. The number of ether oxygens (including phenoxy) is 1. The lowest BCUT2D eigenvalue weighted by Crippen LogP contribution is -2.48. The Hall–Kier alpha value is -1.82. The molecule has 6 nitrogen and oxygen atoms in total. The molecule has 1 atom stereocenters. The van der Waals surface area contributed by atoms with Gasteiger partial charge in [0, 0.05) is 39.0 Å². The SMILES string of the molecule is COC(C)(C)CNC(=O)N[C@H]1CCN(c2ccccn2)C1. The predicted octanol–water partition coefficient (Wildman–Crippen LogP) is 1.38. The van der Waals surface area contributed by atoms with Crippen LogP contribution in [0.25, 0.3) is 0 Å². The summed E-state index contributed by atoms with van der Waals surface area (Å²) in [5, 5.41) is 5.85. The van der Waals surface area contributed by atoms with Crippen LogP contribution in [0.15, 0.2) is 24.4 Å². The molecule has 116 valence electrons. The topological polar surface area (TPSA) is 66.5 Å². The standard InChI is InChI=1S/C15H24N4O2/c1-15(2,21-3)11-17-14(20)18-12-7-9-19(10-12)13-6-4-5-8-16-13/h4-6,8,12H,7,9-11H2,1-3H3,(H2,17,18,20)/t12-/m0/s1. The number of nitrogens with one attached hydrogen (secondary N) is 2. The summed E-state index contributed by atoms with van der Waals surface area (Å²) in [6.45, 7) is 6.05. The third-order valence-corrected chi connectivity index (χ3v) is 3.72. The second kappa shape index (κ2) is 6.76. The Kier molecular flexibility index (Phi) is 5.01. The number of anilines is 1. The maximum Gasteiger partial charge on any atom is 0.315 e. The van der Waals surface area contributed by atoms with Gasteiger partial charge in [-0.3, -0.25) is 0 Å². The summed E-state index contributed by atoms with van der Waals surface area (Å²) in [6.07, 6.45) is 2.72. The highest BCUT2D eigenvalue weighted by Crippen LogP contribution is 2.17. The summed E-state index contributed by atoms with van der Waals surface area (Å²) in [5.74, 6) is 0.961. The van der Waals surface area contributed by atoms with E-state index in [0.29, 0.717) is 6.54 Å². The van der Waals surface area contributed by atoms with Crippen LogP contribution in [0.2, 0.25) is 0 Å². The van der Waals surface area contributed by atoms with Crippen molar-refractivity contribution in [2.24, 2.45) is 0 Å². The van der Waals surface area contributed by atoms with Crippen LogP contribution in [0.3, 0.4) is 0 Å². The second-order valence-corrected chi connectivity index (χ2v) is 5.91. The zero-order valence-electron chi connectivity index (χ0n) is 12.9. The third-order valence-electron chi connectivity index (χ3n) is 3.72. The zero-order chi connectivity index (χ0) is 15.3. The Balaban J connectivity index is 1.76. The van der Waals surface area contributed by atoms with Gasteiger partial charge in [0.1, 0.15) is 5.82 Å². The molecule has 0 spiro atoms. The smallest absolute Gasteiger partial charge is 0.315 e. The molecule has 0 saturated carbocycles. The van der Waals surface area contributed by atoms with Crippen molar-refractivity contribution >= 4 is 11.8 Å². The second-order valence-electron chi connectivity index (χ2n) is 5.91. The van der Waals surface area contributed by atoms with E-state index in [4.69, 9.17) is 4.74 Å². The molecule has 1 aromatic heterocycles. The van der Waals surface area contributed by atoms with Crippen molar-refractivity contribution in [3.8, 4) is 0 Å². The van der Waals surface area contributed by atoms with Crippen molar-refractivity contribution in [2.45, 2.75) is 31.9 Å². The largest absolute Gasteiger partial charge is 0.377 e. The van der Waals surface area contributed by atoms with Crippen molar-refractivity contribution < 1.29 is 9.53 Å². The summed E-state index contributed by atoms with van der Waals surface area (Å²) in [5.41, 5.74) is -0.354. The fourth-order valence-electron chi connectivity index (χ4n) is 2.23. The minimum Gasteiger partial charge on any atom is -0.377 e. The lowest BCUT2D eigenvalue weighted by atomic mass is 10.1. The summed E-state index contributed by atoms with van der Waals surface area (Å²) in [7, 11) is 1.64. The van der Waals surface area contributed by atoms with Crippen molar-refractivity contribution in [3.63, 3.8) is 0 Å². The number of aromatic nitrogens is 1. The molecule has 2 rings (SSSR count). The van der Waals surface area contributed by atoms with Gasteiger partial charge in [0.25, 0.3) is 0 Å². The molecule has 0 unspecified atom stereocenters. The van der Waals surface area contributed by atoms with Gasteiger partial charge in [-0.25, -0.2) is 9.78 Å². The van der Waals surface area contributed by atoms with Crippen LogP contribution in [0.5, 0.6) is 0 Å². The summed E-state index contributed by atoms with van der Waals surface area (Å²) < 4.78 is 5.27. The predicted molar refractivity (Wildman–Crippen MR) is 82.5 cm³/mol. The van der Waals surface area contributed by atoms with E-state index in [-0.39, 0.29) is 17.7 Å². The number of pyridine rings is 1. The van der Waals surface area contributed by atoms with Gasteiger partial charge in [-0.15, -0.1) is 0 Å². The molecule has 1 fully saturated rings. The van der Waals surface area contributed by atoms with Gasteiger partial charge >= 0.3 is 6.03 Å². The van der Waals surface area contributed by atoms with E-state index < -0.39 is 0 Å². The first-order chi connectivity index (χ1) is 10.00. The highest BCUT2D eigenvalue weighted by molar-refractivity contribution is 5.74. The molecular weight excluding hydrogens is 268 g/mol. The van der Waals surface area contributed by atoms with Crippen LogP contribution >= 0.6 is 0 Å². The van der Waals surface area contributed by atoms with E-state index in [1.54, 1.807) is 13.3 Å². The van der Waals surface area contributed by atoms with Crippen molar-refractivity contribution in [1.29, 1.82) is 0 Å². The number of urea groups is 1. The van der Waals surface area contributed by atoms with Crippen LogP contribution in [0.4, 0.5) is 10.6 Å². The van der Waals surface area contributed by atoms with Crippen LogP contribution in [0.1, 0.15) is 20.3 Å².